The van der Waals surface area contributed by atoms with Crippen LogP contribution in [-0.2, 0) is 10.0 Å². The minimum atomic E-state index is -3.48. The topological polar surface area (TPSA) is 118 Å². The number of nitrogens with zero attached hydrogens (tertiary/aromatic N) is 3. The van der Waals surface area contributed by atoms with Crippen LogP contribution in [-0.4, -0.2) is 48.3 Å². The summed E-state index contributed by atoms with van der Waals surface area (Å²) < 4.78 is 33.9. The molecule has 5 rings (SSSR count). The molecule has 0 aliphatic carbocycles. The molecule has 0 bridgehead atoms. The zero-order chi connectivity index (χ0) is 26.5. The van der Waals surface area contributed by atoms with E-state index in [-0.39, 0.29) is 11.8 Å². The van der Waals surface area contributed by atoms with Gasteiger partial charge in [0, 0.05) is 35.8 Å². The first-order valence-electron chi connectivity index (χ1n) is 12.6. The minimum Gasteiger partial charge on any atom is -0.436 e. The van der Waals surface area contributed by atoms with Crippen molar-refractivity contribution < 1.29 is 13.2 Å². The summed E-state index contributed by atoms with van der Waals surface area (Å²) >= 11 is 6.59. The van der Waals surface area contributed by atoms with E-state index in [9.17, 15) is 8.42 Å². The lowest BCUT2D eigenvalue weighted by Gasteiger charge is -2.23. The van der Waals surface area contributed by atoms with Gasteiger partial charge in [-0.05, 0) is 56.1 Å². The van der Waals surface area contributed by atoms with Crippen LogP contribution in [0.1, 0.15) is 26.2 Å². The van der Waals surface area contributed by atoms with Gasteiger partial charge in [0.25, 0.3) is 0 Å². The summed E-state index contributed by atoms with van der Waals surface area (Å²) in [7, 11) is -3.48. The zero-order valence-corrected chi connectivity index (χ0v) is 22.5. The Morgan fingerprint density at radius 2 is 1.97 bits per heavy atom. The highest BCUT2D eigenvalue weighted by Crippen LogP contribution is 2.41. The molecule has 1 unspecified atom stereocenters. The monoisotopic (exact) mass is 552 g/mol. The molecular weight excluding hydrogens is 524 g/mol. The molecule has 198 valence electrons. The molecule has 2 aromatic carbocycles. The predicted molar refractivity (Wildman–Crippen MR) is 152 cm³/mol. The SMILES string of the molecule is CCCS(=O)(=O)Nc1cccc2c(Oc3ncccc3-c3ccnc(NC4CCCNC4)n3)c(Cl)ccc12. The number of halogens is 1. The number of aromatic nitrogens is 3. The lowest BCUT2D eigenvalue weighted by molar-refractivity contribution is 0.470. The van der Waals surface area contributed by atoms with E-state index >= 15 is 0 Å². The third-order valence-corrected chi connectivity index (χ3v) is 8.01. The Hall–Kier alpha value is -3.47. The number of ether oxygens (including phenoxy) is 1. The molecule has 4 aromatic rings. The fourth-order valence-corrected chi connectivity index (χ4v) is 5.84. The molecule has 0 amide bonds. The predicted octanol–water partition coefficient (Wildman–Crippen LogP) is 5.45. The number of anilines is 2. The molecule has 2 aromatic heterocycles. The molecule has 1 atom stereocenters. The largest absolute Gasteiger partial charge is 0.436 e. The maximum atomic E-state index is 12.4. The van der Waals surface area contributed by atoms with Crippen molar-refractivity contribution >= 4 is 44.0 Å². The molecule has 1 aliphatic heterocycles. The lowest BCUT2D eigenvalue weighted by Crippen LogP contribution is -2.38. The van der Waals surface area contributed by atoms with Gasteiger partial charge in [-0.15, -0.1) is 0 Å². The van der Waals surface area contributed by atoms with Crippen LogP contribution in [0.3, 0.4) is 0 Å². The number of pyridine rings is 1. The maximum Gasteiger partial charge on any atom is 0.232 e. The Kier molecular flexibility index (Phi) is 7.92. The number of fused-ring (bicyclic) bond motifs is 1. The first-order valence-corrected chi connectivity index (χ1v) is 14.6. The fraction of sp³-hybridized carbons (Fsp3) is 0.296. The molecule has 1 fully saturated rings. The maximum absolute atomic E-state index is 12.4. The van der Waals surface area contributed by atoms with Crippen molar-refractivity contribution in [1.82, 2.24) is 20.3 Å². The van der Waals surface area contributed by atoms with E-state index in [0.29, 0.717) is 56.7 Å². The van der Waals surface area contributed by atoms with E-state index < -0.39 is 10.0 Å². The standard InChI is InChI=1S/C27H29ClN6O3S/c1-2-16-38(35,36)34-24-9-3-7-20-19(24)10-11-22(28)25(20)37-26-21(8-5-14-30-26)23-12-15-31-27(33-23)32-18-6-4-13-29-17-18/h3,5,7-12,14-15,18,29,34H,2,4,6,13,16-17H2,1H3,(H,31,32,33). The zero-order valence-electron chi connectivity index (χ0n) is 20.9. The number of rotatable bonds is 9. The number of hydrogen-bond donors (Lipinski definition) is 3. The van der Waals surface area contributed by atoms with Crippen LogP contribution in [0.25, 0.3) is 22.0 Å². The fourth-order valence-electron chi connectivity index (χ4n) is 4.48. The number of sulfonamides is 1. The number of nitrogens with one attached hydrogen (secondary N) is 3. The molecule has 0 radical (unpaired) electrons. The average molecular weight is 553 g/mol. The summed E-state index contributed by atoms with van der Waals surface area (Å²) in [6, 6.07) is 14.5. The van der Waals surface area contributed by atoms with Crippen LogP contribution in [0.5, 0.6) is 11.6 Å². The summed E-state index contributed by atoms with van der Waals surface area (Å²) in [6.07, 6.45) is 6.01. The molecule has 11 heteroatoms. The summed E-state index contributed by atoms with van der Waals surface area (Å²) in [6.45, 7) is 3.71. The molecule has 9 nitrogen and oxygen atoms in total. The van der Waals surface area contributed by atoms with Crippen molar-refractivity contribution in [3.63, 3.8) is 0 Å². The van der Waals surface area contributed by atoms with Crippen molar-refractivity contribution in [2.45, 2.75) is 32.2 Å². The highest BCUT2D eigenvalue weighted by atomic mass is 35.5. The third-order valence-electron chi connectivity index (χ3n) is 6.23. The van der Waals surface area contributed by atoms with Crippen molar-refractivity contribution in [2.75, 3.05) is 28.9 Å². The van der Waals surface area contributed by atoms with E-state index in [4.69, 9.17) is 21.3 Å². The van der Waals surface area contributed by atoms with Crippen molar-refractivity contribution in [3.8, 4) is 22.9 Å². The second-order valence-electron chi connectivity index (χ2n) is 9.11. The Bertz CT molecular complexity index is 1540. The second-order valence-corrected chi connectivity index (χ2v) is 11.4. The minimum absolute atomic E-state index is 0.0324. The molecule has 0 spiro atoms. The van der Waals surface area contributed by atoms with Crippen LogP contribution in [0.2, 0.25) is 5.02 Å². The molecular formula is C27H29ClN6O3S. The van der Waals surface area contributed by atoms with E-state index in [1.54, 1.807) is 42.7 Å². The van der Waals surface area contributed by atoms with Crippen LogP contribution in [0.4, 0.5) is 11.6 Å². The van der Waals surface area contributed by atoms with Gasteiger partial charge in [-0.25, -0.2) is 23.4 Å². The summed E-state index contributed by atoms with van der Waals surface area (Å²) in [5, 5.41) is 8.48. The van der Waals surface area contributed by atoms with Crippen LogP contribution in [0.15, 0.2) is 60.9 Å². The van der Waals surface area contributed by atoms with Gasteiger partial charge >= 0.3 is 0 Å². The van der Waals surface area contributed by atoms with E-state index in [2.05, 4.69) is 25.3 Å². The Morgan fingerprint density at radius 3 is 2.79 bits per heavy atom. The first kappa shape index (κ1) is 26.1. The van der Waals surface area contributed by atoms with Gasteiger partial charge in [0.2, 0.25) is 21.9 Å². The van der Waals surface area contributed by atoms with E-state index in [1.807, 2.05) is 25.1 Å². The van der Waals surface area contributed by atoms with Gasteiger partial charge in [-0.1, -0.05) is 36.7 Å². The Morgan fingerprint density at radius 1 is 1.08 bits per heavy atom. The molecule has 38 heavy (non-hydrogen) atoms. The van der Waals surface area contributed by atoms with Gasteiger partial charge in [0.1, 0.15) is 0 Å². The molecule has 0 saturated carbocycles. The van der Waals surface area contributed by atoms with Crippen molar-refractivity contribution in [1.29, 1.82) is 0 Å². The first-order chi connectivity index (χ1) is 18.4. The second kappa shape index (κ2) is 11.5. The third kappa shape index (κ3) is 5.98. The summed E-state index contributed by atoms with van der Waals surface area (Å²) in [4.78, 5) is 13.6. The van der Waals surface area contributed by atoms with Gasteiger partial charge in [0.15, 0.2) is 5.75 Å². The van der Waals surface area contributed by atoms with Crippen molar-refractivity contribution in [3.05, 3.63) is 65.9 Å². The van der Waals surface area contributed by atoms with E-state index in [0.717, 1.165) is 25.9 Å². The molecule has 1 saturated heterocycles. The van der Waals surface area contributed by atoms with Gasteiger partial charge in [0.05, 0.1) is 27.7 Å². The van der Waals surface area contributed by atoms with E-state index in [1.165, 1.54) is 0 Å². The molecule has 3 heterocycles. The lowest BCUT2D eigenvalue weighted by atomic mass is 10.1. The highest BCUT2D eigenvalue weighted by Gasteiger charge is 2.19. The van der Waals surface area contributed by atoms with Crippen LogP contribution < -0.4 is 20.1 Å². The number of hydrogen-bond acceptors (Lipinski definition) is 8. The van der Waals surface area contributed by atoms with Gasteiger partial charge in [-0.2, -0.15) is 0 Å². The quantitative estimate of drug-likeness (QED) is 0.251. The molecule has 1 aliphatic rings. The van der Waals surface area contributed by atoms with Crippen LogP contribution in [0, 0.1) is 0 Å². The number of piperidine rings is 1. The van der Waals surface area contributed by atoms with Crippen molar-refractivity contribution in [2.24, 2.45) is 0 Å². The Labute approximate surface area is 227 Å². The van der Waals surface area contributed by atoms with Gasteiger partial charge < -0.3 is 15.4 Å². The Balaban J connectivity index is 1.49. The number of benzene rings is 2. The summed E-state index contributed by atoms with van der Waals surface area (Å²) in [5.74, 6) is 1.27. The highest BCUT2D eigenvalue weighted by molar-refractivity contribution is 7.92. The average Bonchev–Trinajstić information content (AvgIpc) is 2.91. The molecule has 3 N–H and O–H groups in total. The summed E-state index contributed by atoms with van der Waals surface area (Å²) in [5.41, 5.74) is 1.79. The normalized spacial score (nSPS) is 15.8. The smallest absolute Gasteiger partial charge is 0.232 e. The van der Waals surface area contributed by atoms with Crippen LogP contribution >= 0.6 is 11.6 Å². The van der Waals surface area contributed by atoms with Gasteiger partial charge in [-0.3, -0.25) is 4.72 Å².